The largest absolute Gasteiger partial charge is 0.396 e. The van der Waals surface area contributed by atoms with E-state index < -0.39 is 0 Å². The lowest BCUT2D eigenvalue weighted by Gasteiger charge is -2.31. The first kappa shape index (κ1) is 20.5. The summed E-state index contributed by atoms with van der Waals surface area (Å²) in [7, 11) is 1.82. The van der Waals surface area contributed by atoms with E-state index in [1.807, 2.05) is 18.8 Å². The molecule has 150 valence electrons. The van der Waals surface area contributed by atoms with Gasteiger partial charge in [-0.15, -0.1) is 11.8 Å². The van der Waals surface area contributed by atoms with Crippen molar-refractivity contribution >= 4 is 17.7 Å². The van der Waals surface area contributed by atoms with Gasteiger partial charge in [-0.2, -0.15) is 0 Å². The topological polar surface area (TPSA) is 65.9 Å². The molecule has 0 amide bonds. The normalized spacial score (nSPS) is 24.9. The molecule has 1 saturated heterocycles. The number of rotatable bonds is 8. The molecule has 2 fully saturated rings. The monoisotopic (exact) mass is 391 g/mol. The molecule has 3 N–H and O–H groups in total. The van der Waals surface area contributed by atoms with E-state index in [9.17, 15) is 5.11 Å². The molecule has 3 rings (SSSR count). The fourth-order valence-corrected chi connectivity index (χ4v) is 5.55. The van der Waals surface area contributed by atoms with Crippen LogP contribution in [0.4, 0.5) is 0 Å². The quantitative estimate of drug-likeness (QED) is 0.470. The average molecular weight is 392 g/mol. The van der Waals surface area contributed by atoms with E-state index in [0.717, 1.165) is 38.5 Å². The Morgan fingerprint density at radius 3 is 2.52 bits per heavy atom. The van der Waals surface area contributed by atoms with Crippen LogP contribution in [-0.4, -0.2) is 55.8 Å². The van der Waals surface area contributed by atoms with Crippen LogP contribution in [0.3, 0.4) is 0 Å². The summed E-state index contributed by atoms with van der Waals surface area (Å²) in [5.74, 6) is 0.846. The molecule has 1 heterocycles. The van der Waals surface area contributed by atoms with E-state index in [1.165, 1.54) is 30.6 Å². The Morgan fingerprint density at radius 2 is 1.89 bits per heavy atom. The van der Waals surface area contributed by atoms with Crippen LogP contribution < -0.4 is 10.6 Å². The highest BCUT2D eigenvalue weighted by atomic mass is 32.2. The van der Waals surface area contributed by atoms with Gasteiger partial charge in [0.2, 0.25) is 0 Å². The van der Waals surface area contributed by atoms with Gasteiger partial charge in [-0.25, -0.2) is 0 Å². The predicted octanol–water partition coefficient (Wildman–Crippen LogP) is 3.05. The number of guanidine groups is 1. The maximum absolute atomic E-state index is 9.40. The Morgan fingerprint density at radius 1 is 1.15 bits per heavy atom. The molecule has 0 spiro atoms. The minimum Gasteiger partial charge on any atom is -0.396 e. The molecule has 0 bridgehead atoms. The highest BCUT2D eigenvalue weighted by molar-refractivity contribution is 8.00. The van der Waals surface area contributed by atoms with Crippen LogP contribution in [0.5, 0.6) is 0 Å². The van der Waals surface area contributed by atoms with Crippen molar-refractivity contribution in [2.24, 2.45) is 10.4 Å². The van der Waals surface area contributed by atoms with Gasteiger partial charge in [-0.3, -0.25) is 4.99 Å². The van der Waals surface area contributed by atoms with Crippen molar-refractivity contribution in [2.45, 2.75) is 48.2 Å². The first-order valence-electron chi connectivity index (χ1n) is 10.1. The van der Waals surface area contributed by atoms with Crippen LogP contribution >= 0.6 is 11.8 Å². The summed E-state index contributed by atoms with van der Waals surface area (Å²) in [5.41, 5.74) is 0.0240. The second-order valence-corrected chi connectivity index (χ2v) is 9.40. The number of hydrogen-bond acceptors (Lipinski definition) is 4. The van der Waals surface area contributed by atoms with Crippen molar-refractivity contribution in [1.82, 2.24) is 10.6 Å². The smallest absolute Gasteiger partial charge is 0.191 e. The van der Waals surface area contributed by atoms with Crippen molar-refractivity contribution < 1.29 is 9.84 Å². The summed E-state index contributed by atoms with van der Waals surface area (Å²) in [6.07, 6.45) is 6.82. The molecule has 27 heavy (non-hydrogen) atoms. The van der Waals surface area contributed by atoms with Crippen molar-refractivity contribution in [3.8, 4) is 0 Å². The summed E-state index contributed by atoms with van der Waals surface area (Å²) in [6.45, 7) is 3.39. The molecule has 6 heteroatoms. The van der Waals surface area contributed by atoms with Gasteiger partial charge in [0.05, 0.1) is 6.61 Å². The van der Waals surface area contributed by atoms with E-state index in [-0.39, 0.29) is 16.8 Å². The molecule has 1 saturated carbocycles. The Labute approximate surface area is 167 Å². The Bertz CT molecular complexity index is 597. The number of aliphatic hydroxyl groups is 1. The van der Waals surface area contributed by atoms with Gasteiger partial charge in [0.15, 0.2) is 5.96 Å². The number of nitrogens with one attached hydrogen (secondary N) is 2. The summed E-state index contributed by atoms with van der Waals surface area (Å²) in [5, 5.41) is 16.5. The molecule has 1 aromatic carbocycles. The third-order valence-electron chi connectivity index (χ3n) is 5.85. The third kappa shape index (κ3) is 5.62. The van der Waals surface area contributed by atoms with Crippen molar-refractivity contribution in [2.75, 3.05) is 40.0 Å². The lowest BCUT2D eigenvalue weighted by atomic mass is 9.84. The third-order valence-corrected chi connectivity index (χ3v) is 7.35. The maximum atomic E-state index is 9.40. The van der Waals surface area contributed by atoms with Crippen LogP contribution in [0.2, 0.25) is 0 Å². The zero-order valence-corrected chi connectivity index (χ0v) is 17.2. The average Bonchev–Trinajstić information content (AvgIpc) is 3.34. The van der Waals surface area contributed by atoms with Gasteiger partial charge >= 0.3 is 0 Å². The van der Waals surface area contributed by atoms with Crippen LogP contribution in [0, 0.1) is 5.41 Å². The van der Waals surface area contributed by atoms with E-state index in [1.54, 1.807) is 0 Å². The molecule has 1 aliphatic heterocycles. The summed E-state index contributed by atoms with van der Waals surface area (Å²) >= 11 is 2.00. The second kappa shape index (κ2) is 9.80. The fraction of sp³-hybridized carbons (Fsp3) is 0.667. The molecular weight excluding hydrogens is 358 g/mol. The van der Waals surface area contributed by atoms with Crippen LogP contribution in [-0.2, 0) is 4.74 Å². The highest BCUT2D eigenvalue weighted by Crippen LogP contribution is 2.44. The lowest BCUT2D eigenvalue weighted by Crippen LogP contribution is -2.48. The second-order valence-electron chi connectivity index (χ2n) is 7.86. The zero-order chi connectivity index (χ0) is 19.0. The SMILES string of the molecule is CN=C(NCC1(CCO)CCOC1)NCC1(Sc2ccccc2)CCCC1. The van der Waals surface area contributed by atoms with Gasteiger partial charge in [0.25, 0.3) is 0 Å². The molecule has 2 aliphatic rings. The molecule has 0 radical (unpaired) electrons. The first-order valence-corrected chi connectivity index (χ1v) is 10.9. The number of nitrogens with zero attached hydrogens (tertiary/aromatic N) is 1. The summed E-state index contributed by atoms with van der Waals surface area (Å²) < 4.78 is 5.82. The Hall–Kier alpha value is -1.24. The van der Waals surface area contributed by atoms with E-state index in [2.05, 4.69) is 46.0 Å². The van der Waals surface area contributed by atoms with Gasteiger partial charge in [0, 0.05) is 48.4 Å². The summed E-state index contributed by atoms with van der Waals surface area (Å²) in [6, 6.07) is 10.7. The van der Waals surface area contributed by atoms with E-state index in [0.29, 0.717) is 6.61 Å². The molecule has 1 atom stereocenters. The van der Waals surface area contributed by atoms with Gasteiger partial charge in [-0.05, 0) is 37.8 Å². The standard InChI is InChI=1S/C21H33N3O2S/c1-22-19(23-15-20(11-13-25)12-14-26-17-20)24-16-21(9-5-6-10-21)27-18-7-3-2-4-8-18/h2-4,7-8,25H,5-6,9-17H2,1H3,(H2,22,23,24). The minimum absolute atomic E-state index is 0.0240. The number of ether oxygens (including phenoxy) is 1. The number of aliphatic imine (C=N–C) groups is 1. The molecular formula is C21H33N3O2S. The molecule has 0 aromatic heterocycles. The van der Waals surface area contributed by atoms with E-state index >= 15 is 0 Å². The van der Waals surface area contributed by atoms with Gasteiger partial charge < -0.3 is 20.5 Å². The van der Waals surface area contributed by atoms with Gasteiger partial charge in [0.1, 0.15) is 0 Å². The fourth-order valence-electron chi connectivity index (χ4n) is 4.12. The first-order chi connectivity index (χ1) is 13.2. The van der Waals surface area contributed by atoms with Crippen LogP contribution in [0.15, 0.2) is 40.2 Å². The van der Waals surface area contributed by atoms with Crippen LogP contribution in [0.25, 0.3) is 0 Å². The summed E-state index contributed by atoms with van der Waals surface area (Å²) in [4.78, 5) is 5.76. The number of aliphatic hydroxyl groups excluding tert-OH is 1. The highest BCUT2D eigenvalue weighted by Gasteiger charge is 2.36. The molecule has 1 aliphatic carbocycles. The maximum Gasteiger partial charge on any atom is 0.191 e. The molecule has 1 aromatic rings. The predicted molar refractivity (Wildman–Crippen MR) is 112 cm³/mol. The minimum atomic E-state index is 0.0240. The Kier molecular flexibility index (Phi) is 7.44. The zero-order valence-electron chi connectivity index (χ0n) is 16.4. The van der Waals surface area contributed by atoms with Gasteiger partial charge in [-0.1, -0.05) is 31.0 Å². The number of benzene rings is 1. The van der Waals surface area contributed by atoms with Crippen molar-refractivity contribution in [3.63, 3.8) is 0 Å². The van der Waals surface area contributed by atoms with E-state index in [4.69, 9.17) is 4.74 Å². The van der Waals surface area contributed by atoms with Crippen molar-refractivity contribution in [1.29, 1.82) is 0 Å². The molecule has 1 unspecified atom stereocenters. The molecule has 5 nitrogen and oxygen atoms in total. The van der Waals surface area contributed by atoms with Crippen molar-refractivity contribution in [3.05, 3.63) is 30.3 Å². The number of thioether (sulfide) groups is 1. The lowest BCUT2D eigenvalue weighted by molar-refractivity contribution is 0.127. The van der Waals surface area contributed by atoms with Crippen LogP contribution in [0.1, 0.15) is 38.5 Å². The number of hydrogen-bond donors (Lipinski definition) is 3. The Balaban J connectivity index is 1.55.